The Morgan fingerprint density at radius 3 is 2.36 bits per heavy atom. The van der Waals surface area contributed by atoms with Crippen LogP contribution >= 0.6 is 0 Å². The SMILES string of the molecule is N[C@@H]1CNC[C@@H](O)[C@@H](O)[C@@H]1O. The van der Waals surface area contributed by atoms with E-state index in [0.717, 1.165) is 0 Å². The highest BCUT2D eigenvalue weighted by molar-refractivity contribution is 4.89. The lowest BCUT2D eigenvalue weighted by molar-refractivity contribution is -0.0556. The summed E-state index contributed by atoms with van der Waals surface area (Å²) >= 11 is 0. The Hall–Kier alpha value is -0.200. The van der Waals surface area contributed by atoms with Gasteiger partial charge in [0.15, 0.2) is 0 Å². The molecule has 1 aliphatic rings. The molecule has 1 heterocycles. The number of hydrogen-bond donors (Lipinski definition) is 5. The zero-order valence-corrected chi connectivity index (χ0v) is 6.14. The molecule has 0 aromatic carbocycles. The fourth-order valence-electron chi connectivity index (χ4n) is 1.12. The van der Waals surface area contributed by atoms with Gasteiger partial charge in [0.25, 0.3) is 0 Å². The van der Waals surface area contributed by atoms with Crippen molar-refractivity contribution in [3.63, 3.8) is 0 Å². The molecule has 0 radical (unpaired) electrons. The van der Waals surface area contributed by atoms with Gasteiger partial charge in [-0.05, 0) is 0 Å². The minimum atomic E-state index is -1.14. The van der Waals surface area contributed by atoms with Gasteiger partial charge in [-0.2, -0.15) is 0 Å². The summed E-state index contributed by atoms with van der Waals surface area (Å²) in [5.74, 6) is 0. The number of hydrogen-bond acceptors (Lipinski definition) is 5. The summed E-state index contributed by atoms with van der Waals surface area (Å²) in [6, 6.07) is -0.512. The maximum atomic E-state index is 9.22. The lowest BCUT2D eigenvalue weighted by atomic mass is 10.0. The number of β-amino-alcohol motifs (C(OH)–C–C–N with tert-alkyl or cyclic N) is 1. The van der Waals surface area contributed by atoms with E-state index < -0.39 is 24.4 Å². The molecule has 1 aliphatic heterocycles. The Morgan fingerprint density at radius 1 is 1.09 bits per heavy atom. The smallest absolute Gasteiger partial charge is 0.109 e. The highest BCUT2D eigenvalue weighted by Gasteiger charge is 2.31. The van der Waals surface area contributed by atoms with Crippen molar-refractivity contribution in [2.45, 2.75) is 24.4 Å². The summed E-state index contributed by atoms with van der Waals surface area (Å²) in [7, 11) is 0. The summed E-state index contributed by atoms with van der Waals surface area (Å²) in [4.78, 5) is 0. The molecule has 11 heavy (non-hydrogen) atoms. The molecule has 1 saturated heterocycles. The van der Waals surface area contributed by atoms with Crippen molar-refractivity contribution in [3.05, 3.63) is 0 Å². The normalized spacial score (nSPS) is 46.9. The number of nitrogens with one attached hydrogen (secondary N) is 1. The van der Waals surface area contributed by atoms with Crippen molar-refractivity contribution >= 4 is 0 Å². The van der Waals surface area contributed by atoms with Gasteiger partial charge >= 0.3 is 0 Å². The first-order valence-electron chi connectivity index (χ1n) is 3.63. The Bertz CT molecular complexity index is 119. The second-order valence-electron chi connectivity index (χ2n) is 2.87. The van der Waals surface area contributed by atoms with Gasteiger partial charge in [0, 0.05) is 19.1 Å². The predicted octanol–water partition coefficient (Wildman–Crippen LogP) is -3.00. The van der Waals surface area contributed by atoms with E-state index in [1.807, 2.05) is 0 Å². The molecule has 6 N–H and O–H groups in total. The highest BCUT2D eigenvalue weighted by atomic mass is 16.4. The van der Waals surface area contributed by atoms with Crippen molar-refractivity contribution in [2.24, 2.45) is 5.73 Å². The summed E-state index contributed by atoms with van der Waals surface area (Å²) in [5.41, 5.74) is 5.45. The molecular formula is C6H14N2O3. The van der Waals surface area contributed by atoms with Crippen LogP contribution in [0.2, 0.25) is 0 Å². The first-order chi connectivity index (χ1) is 5.13. The molecule has 5 heteroatoms. The molecule has 0 amide bonds. The summed E-state index contributed by atoms with van der Waals surface area (Å²) in [6.07, 6.45) is -3.11. The van der Waals surface area contributed by atoms with Crippen molar-refractivity contribution < 1.29 is 15.3 Å². The second-order valence-corrected chi connectivity index (χ2v) is 2.87. The zero-order valence-electron chi connectivity index (χ0n) is 6.14. The van der Waals surface area contributed by atoms with Gasteiger partial charge < -0.3 is 26.4 Å². The number of aliphatic hydroxyl groups excluding tert-OH is 3. The van der Waals surface area contributed by atoms with Gasteiger partial charge in [0.2, 0.25) is 0 Å². The summed E-state index contributed by atoms with van der Waals surface area (Å²) in [5, 5.41) is 30.3. The van der Waals surface area contributed by atoms with E-state index in [1.54, 1.807) is 0 Å². The maximum Gasteiger partial charge on any atom is 0.109 e. The van der Waals surface area contributed by atoms with E-state index in [2.05, 4.69) is 5.32 Å². The van der Waals surface area contributed by atoms with E-state index in [1.165, 1.54) is 0 Å². The van der Waals surface area contributed by atoms with Crippen molar-refractivity contribution in [1.82, 2.24) is 5.32 Å². The fraction of sp³-hybridized carbons (Fsp3) is 1.00. The topological polar surface area (TPSA) is 98.7 Å². The van der Waals surface area contributed by atoms with Gasteiger partial charge in [-0.25, -0.2) is 0 Å². The first kappa shape index (κ1) is 8.89. The van der Waals surface area contributed by atoms with Gasteiger partial charge in [-0.1, -0.05) is 0 Å². The molecule has 1 rings (SSSR count). The van der Waals surface area contributed by atoms with Crippen LogP contribution in [0, 0.1) is 0 Å². The van der Waals surface area contributed by atoms with Crippen LogP contribution in [-0.2, 0) is 0 Å². The van der Waals surface area contributed by atoms with E-state index >= 15 is 0 Å². The highest BCUT2D eigenvalue weighted by Crippen LogP contribution is 2.05. The van der Waals surface area contributed by atoms with E-state index in [-0.39, 0.29) is 6.54 Å². The Kier molecular flexibility index (Phi) is 2.80. The molecule has 0 spiro atoms. The van der Waals surface area contributed by atoms with Crippen LogP contribution in [0.3, 0.4) is 0 Å². The second kappa shape index (κ2) is 3.46. The fourth-order valence-corrected chi connectivity index (χ4v) is 1.12. The Labute approximate surface area is 64.8 Å². The van der Waals surface area contributed by atoms with E-state index in [0.29, 0.717) is 6.54 Å². The lowest BCUT2D eigenvalue weighted by Crippen LogP contribution is -2.47. The molecule has 5 nitrogen and oxygen atoms in total. The zero-order chi connectivity index (χ0) is 8.43. The summed E-state index contributed by atoms with van der Waals surface area (Å²) < 4.78 is 0. The molecule has 66 valence electrons. The van der Waals surface area contributed by atoms with Crippen LogP contribution in [0.1, 0.15) is 0 Å². The van der Waals surface area contributed by atoms with Crippen LogP contribution in [0.25, 0.3) is 0 Å². The Morgan fingerprint density at radius 2 is 1.73 bits per heavy atom. The van der Waals surface area contributed by atoms with E-state index in [9.17, 15) is 10.2 Å². The quantitative estimate of drug-likeness (QED) is 0.261. The molecule has 0 aromatic heterocycles. The van der Waals surface area contributed by atoms with E-state index in [4.69, 9.17) is 10.8 Å². The molecular weight excluding hydrogens is 148 g/mol. The number of aliphatic hydroxyl groups is 3. The Balaban J connectivity index is 2.58. The van der Waals surface area contributed by atoms with Crippen LogP contribution in [-0.4, -0.2) is 52.8 Å². The van der Waals surface area contributed by atoms with Crippen LogP contribution in [0.15, 0.2) is 0 Å². The predicted molar refractivity (Wildman–Crippen MR) is 38.9 cm³/mol. The third kappa shape index (κ3) is 1.88. The van der Waals surface area contributed by atoms with Crippen LogP contribution in [0.4, 0.5) is 0 Å². The number of rotatable bonds is 0. The van der Waals surface area contributed by atoms with Gasteiger partial charge in [-0.15, -0.1) is 0 Å². The average molecular weight is 162 g/mol. The standard InChI is InChI=1S/C6H14N2O3/c7-3-1-8-2-4(9)6(11)5(3)10/h3-6,8-11H,1-2,7H2/t3-,4-,5-,6-/m1/s1. The minimum absolute atomic E-state index is 0.270. The van der Waals surface area contributed by atoms with Crippen molar-refractivity contribution in [3.8, 4) is 0 Å². The average Bonchev–Trinajstić information content (AvgIpc) is 2.07. The lowest BCUT2D eigenvalue weighted by Gasteiger charge is -2.21. The van der Waals surface area contributed by atoms with Crippen LogP contribution < -0.4 is 11.1 Å². The van der Waals surface area contributed by atoms with Gasteiger partial charge in [0.1, 0.15) is 6.10 Å². The molecule has 0 unspecified atom stereocenters. The van der Waals surface area contributed by atoms with Crippen molar-refractivity contribution in [2.75, 3.05) is 13.1 Å². The molecule has 0 aromatic rings. The molecule has 1 fully saturated rings. The van der Waals surface area contributed by atoms with Gasteiger partial charge in [-0.3, -0.25) is 0 Å². The third-order valence-electron chi connectivity index (χ3n) is 1.92. The third-order valence-corrected chi connectivity index (χ3v) is 1.92. The van der Waals surface area contributed by atoms with Crippen molar-refractivity contribution in [1.29, 1.82) is 0 Å². The monoisotopic (exact) mass is 162 g/mol. The summed E-state index contributed by atoms with van der Waals surface area (Å²) in [6.45, 7) is 0.682. The number of nitrogens with two attached hydrogens (primary N) is 1. The molecule has 0 bridgehead atoms. The molecule has 0 aliphatic carbocycles. The van der Waals surface area contributed by atoms with Crippen LogP contribution in [0.5, 0.6) is 0 Å². The molecule has 0 saturated carbocycles. The largest absolute Gasteiger partial charge is 0.389 e. The maximum absolute atomic E-state index is 9.22. The molecule has 4 atom stereocenters. The minimum Gasteiger partial charge on any atom is -0.389 e. The van der Waals surface area contributed by atoms with Gasteiger partial charge in [0.05, 0.1) is 12.2 Å². The first-order valence-corrected chi connectivity index (χ1v) is 3.63.